The van der Waals surface area contributed by atoms with Crippen molar-refractivity contribution >= 4 is 17.0 Å². The first-order valence-electron chi connectivity index (χ1n) is 7.95. The van der Waals surface area contributed by atoms with Gasteiger partial charge >= 0.3 is 0 Å². The Hall–Kier alpha value is -2.77. The van der Waals surface area contributed by atoms with Crippen molar-refractivity contribution in [2.75, 3.05) is 0 Å². The van der Waals surface area contributed by atoms with Gasteiger partial charge in [0.15, 0.2) is 11.1 Å². The number of hydrogen-bond acceptors (Lipinski definition) is 4. The lowest BCUT2D eigenvalue weighted by atomic mass is 10.00. The van der Waals surface area contributed by atoms with Gasteiger partial charge in [0.05, 0.1) is 10.5 Å². The molecular weight excluding hydrogens is 352 g/mol. The molecule has 0 aliphatic rings. The lowest BCUT2D eigenvalue weighted by Crippen LogP contribution is -2.06. The number of rotatable bonds is 4. The van der Waals surface area contributed by atoms with E-state index in [2.05, 4.69) is 10.9 Å². The third-order valence-corrected chi connectivity index (χ3v) is 4.28. The van der Waals surface area contributed by atoms with Crippen LogP contribution in [0.25, 0.3) is 22.4 Å². The molecule has 1 aromatic heterocycles. The molecule has 1 unspecified atom stereocenters. The van der Waals surface area contributed by atoms with Crippen molar-refractivity contribution < 1.29 is 18.1 Å². The maximum atomic E-state index is 11.0. The molecule has 136 valence electrons. The van der Waals surface area contributed by atoms with Crippen molar-refractivity contribution in [3.63, 3.8) is 0 Å². The lowest BCUT2D eigenvalue weighted by molar-refractivity contribution is -0.117. The van der Waals surface area contributed by atoms with Crippen molar-refractivity contribution in [3.8, 4) is 22.4 Å². The Kier molecular flexibility index (Phi) is 6.82. The largest absolute Gasteiger partial charge is 0.370 e. The fourth-order valence-electron chi connectivity index (χ4n) is 2.24. The van der Waals surface area contributed by atoms with Crippen LogP contribution in [0.4, 0.5) is 0 Å². The summed E-state index contributed by atoms with van der Waals surface area (Å²) in [6.45, 7) is 3.58. The van der Waals surface area contributed by atoms with Crippen LogP contribution in [0.5, 0.6) is 0 Å². The van der Waals surface area contributed by atoms with E-state index in [0.29, 0.717) is 17.1 Å². The summed E-state index contributed by atoms with van der Waals surface area (Å²) in [6, 6.07) is 16.6. The Bertz CT molecular complexity index is 890. The van der Waals surface area contributed by atoms with Crippen LogP contribution in [-0.4, -0.2) is 19.8 Å². The number of benzene rings is 2. The van der Waals surface area contributed by atoms with Gasteiger partial charge in [-0.1, -0.05) is 54.5 Å². The van der Waals surface area contributed by atoms with E-state index in [4.69, 9.17) is 9.08 Å². The van der Waals surface area contributed by atoms with Crippen LogP contribution in [0.2, 0.25) is 0 Å². The van der Waals surface area contributed by atoms with E-state index in [9.17, 15) is 9.00 Å². The zero-order valence-corrected chi connectivity index (χ0v) is 15.3. The molecule has 6 nitrogen and oxygen atoms in total. The van der Waals surface area contributed by atoms with Crippen molar-refractivity contribution in [2.45, 2.75) is 25.2 Å². The van der Waals surface area contributed by atoms with E-state index in [1.165, 1.54) is 0 Å². The third-order valence-electron chi connectivity index (χ3n) is 3.60. The molecule has 7 heteroatoms. The summed E-state index contributed by atoms with van der Waals surface area (Å²) in [5.41, 5.74) is 8.20. The van der Waals surface area contributed by atoms with Gasteiger partial charge in [-0.05, 0) is 24.6 Å². The second-order valence-electron chi connectivity index (χ2n) is 5.42. The Balaban J connectivity index is 0.000000431. The number of carbonyl (C=O) groups excluding carboxylic acids is 1. The quantitative estimate of drug-likeness (QED) is 0.678. The summed E-state index contributed by atoms with van der Waals surface area (Å²) in [6.07, 6.45) is 0.444. The van der Waals surface area contributed by atoms with E-state index in [-0.39, 0.29) is 5.91 Å². The van der Waals surface area contributed by atoms with Gasteiger partial charge < -0.3 is 14.8 Å². The number of aromatic nitrogens is 1. The number of hydrogen-bond donors (Lipinski definition) is 2. The predicted octanol–water partition coefficient (Wildman–Crippen LogP) is 3.78. The SMILES string of the molecule is CCC(N)=O.Cc1onc(-c2ccccc2)c1-c1ccc(S(=O)O)cc1. The number of primary amides is 1. The van der Waals surface area contributed by atoms with Crippen molar-refractivity contribution in [1.29, 1.82) is 0 Å². The first kappa shape index (κ1) is 19.6. The maximum absolute atomic E-state index is 11.0. The molecule has 3 N–H and O–H groups in total. The van der Waals surface area contributed by atoms with E-state index in [0.717, 1.165) is 22.4 Å². The standard InChI is InChI=1S/C16H13NO3S.C3H7NO/c1-11-15(12-7-9-14(10-8-12)21(18)19)16(17-20-11)13-5-3-2-4-6-13;1-2-3(4)5/h2-10H,1H3,(H,18,19);2H2,1H3,(H2,4,5). The van der Waals surface area contributed by atoms with Crippen LogP contribution in [0.3, 0.4) is 0 Å². The highest BCUT2D eigenvalue weighted by atomic mass is 32.2. The van der Waals surface area contributed by atoms with Gasteiger partial charge in [-0.2, -0.15) is 0 Å². The fraction of sp³-hybridized carbons (Fsp3) is 0.158. The highest BCUT2D eigenvalue weighted by molar-refractivity contribution is 7.79. The Morgan fingerprint density at radius 3 is 2.19 bits per heavy atom. The van der Waals surface area contributed by atoms with Crippen molar-refractivity contribution in [3.05, 3.63) is 60.4 Å². The van der Waals surface area contributed by atoms with Gasteiger partial charge in [-0.3, -0.25) is 4.79 Å². The van der Waals surface area contributed by atoms with Crippen LogP contribution in [0.1, 0.15) is 19.1 Å². The van der Waals surface area contributed by atoms with Crippen LogP contribution in [0, 0.1) is 6.92 Å². The van der Waals surface area contributed by atoms with Crippen LogP contribution in [-0.2, 0) is 15.9 Å². The first-order chi connectivity index (χ1) is 12.4. The Morgan fingerprint density at radius 2 is 1.69 bits per heavy atom. The number of amides is 1. The average molecular weight is 372 g/mol. The highest BCUT2D eigenvalue weighted by Gasteiger charge is 2.16. The molecule has 0 saturated carbocycles. The minimum Gasteiger partial charge on any atom is -0.370 e. The highest BCUT2D eigenvalue weighted by Crippen LogP contribution is 2.34. The van der Waals surface area contributed by atoms with Gasteiger partial charge in [0.2, 0.25) is 5.91 Å². The Labute approximate surface area is 154 Å². The molecule has 3 rings (SSSR count). The monoisotopic (exact) mass is 372 g/mol. The number of nitrogens with zero attached hydrogens (tertiary/aromatic N) is 1. The second-order valence-corrected chi connectivity index (χ2v) is 6.39. The van der Waals surface area contributed by atoms with Crippen LogP contribution < -0.4 is 5.73 Å². The molecule has 0 aliphatic heterocycles. The summed E-state index contributed by atoms with van der Waals surface area (Å²) in [5, 5.41) is 4.14. The molecule has 0 radical (unpaired) electrons. The zero-order valence-electron chi connectivity index (χ0n) is 14.5. The van der Waals surface area contributed by atoms with E-state index in [1.54, 1.807) is 31.2 Å². The molecule has 3 aromatic rings. The zero-order chi connectivity index (χ0) is 19.1. The smallest absolute Gasteiger partial charge is 0.217 e. The molecule has 26 heavy (non-hydrogen) atoms. The molecule has 0 saturated heterocycles. The summed E-state index contributed by atoms with van der Waals surface area (Å²) in [4.78, 5) is 9.96. The van der Waals surface area contributed by atoms with E-state index < -0.39 is 11.1 Å². The fourth-order valence-corrected chi connectivity index (χ4v) is 2.61. The van der Waals surface area contributed by atoms with E-state index >= 15 is 0 Å². The predicted molar refractivity (Wildman–Crippen MR) is 101 cm³/mol. The molecule has 1 heterocycles. The van der Waals surface area contributed by atoms with E-state index in [1.807, 2.05) is 37.3 Å². The molecule has 1 atom stereocenters. The summed E-state index contributed by atoms with van der Waals surface area (Å²) >= 11 is -1.97. The number of aryl methyl sites for hydroxylation is 1. The molecule has 0 spiro atoms. The summed E-state index contributed by atoms with van der Waals surface area (Å²) < 4.78 is 25.4. The summed E-state index contributed by atoms with van der Waals surface area (Å²) in [7, 11) is 0. The molecular formula is C19H20N2O4S. The van der Waals surface area contributed by atoms with Crippen LogP contribution >= 0.6 is 0 Å². The first-order valence-corrected chi connectivity index (χ1v) is 9.06. The molecule has 0 bridgehead atoms. The maximum Gasteiger partial charge on any atom is 0.217 e. The number of carbonyl (C=O) groups is 1. The van der Waals surface area contributed by atoms with Crippen molar-refractivity contribution in [1.82, 2.24) is 5.16 Å². The normalized spacial score (nSPS) is 11.3. The van der Waals surface area contributed by atoms with Gasteiger partial charge in [0.1, 0.15) is 11.5 Å². The second kappa shape index (κ2) is 9.07. The lowest BCUT2D eigenvalue weighted by Gasteiger charge is -2.04. The third kappa shape index (κ3) is 4.87. The molecule has 0 aliphatic carbocycles. The minimum atomic E-state index is -1.97. The van der Waals surface area contributed by atoms with Gasteiger partial charge in [-0.25, -0.2) is 4.21 Å². The van der Waals surface area contributed by atoms with Gasteiger partial charge in [-0.15, -0.1) is 0 Å². The molecule has 1 amide bonds. The molecule has 0 fully saturated rings. The molecule has 2 aromatic carbocycles. The van der Waals surface area contributed by atoms with Crippen molar-refractivity contribution in [2.24, 2.45) is 5.73 Å². The average Bonchev–Trinajstić information content (AvgIpc) is 3.04. The van der Waals surface area contributed by atoms with Crippen LogP contribution in [0.15, 0.2) is 64.0 Å². The minimum absolute atomic E-state index is 0.245. The Morgan fingerprint density at radius 1 is 1.12 bits per heavy atom. The summed E-state index contributed by atoms with van der Waals surface area (Å²) in [5.74, 6) is 0.469. The topological polar surface area (TPSA) is 106 Å². The van der Waals surface area contributed by atoms with Gasteiger partial charge in [0, 0.05) is 12.0 Å². The van der Waals surface area contributed by atoms with Gasteiger partial charge in [0.25, 0.3) is 0 Å². The number of nitrogens with two attached hydrogens (primary N) is 1.